The number of benzene rings is 1. The van der Waals surface area contributed by atoms with E-state index >= 15 is 0 Å². The number of pyridine rings is 1. The summed E-state index contributed by atoms with van der Waals surface area (Å²) in [6.07, 6.45) is 1.38. The van der Waals surface area contributed by atoms with Gasteiger partial charge in [0.1, 0.15) is 10.9 Å². The van der Waals surface area contributed by atoms with Crippen LogP contribution in [-0.4, -0.2) is 35.6 Å². The monoisotopic (exact) mass is 377 g/mol. The Morgan fingerprint density at radius 3 is 2.88 bits per heavy atom. The third kappa shape index (κ3) is 4.23. The molecule has 2 heterocycles. The zero-order valence-electron chi connectivity index (χ0n) is 13.0. The molecule has 0 aliphatic rings. The van der Waals surface area contributed by atoms with Crippen LogP contribution in [0.2, 0.25) is 5.15 Å². The lowest BCUT2D eigenvalue weighted by atomic mass is 10.3. The lowest BCUT2D eigenvalue weighted by Crippen LogP contribution is -2.20. The molecule has 3 aromatic rings. The number of aromatic nitrogens is 2. The van der Waals surface area contributed by atoms with E-state index in [9.17, 15) is 9.59 Å². The van der Waals surface area contributed by atoms with Crippen LogP contribution in [-0.2, 0) is 9.53 Å². The Labute approximate surface area is 151 Å². The Bertz CT molecular complexity index is 944. The number of nitrogens with zero attached hydrogens (tertiary/aromatic N) is 2. The van der Waals surface area contributed by atoms with E-state index in [1.165, 1.54) is 29.7 Å². The van der Waals surface area contributed by atoms with Crippen molar-refractivity contribution in [3.8, 4) is 5.75 Å². The molecule has 0 atom stereocenters. The number of rotatable bonds is 5. The summed E-state index contributed by atoms with van der Waals surface area (Å²) in [7, 11) is 1.58. The highest BCUT2D eigenvalue weighted by Crippen LogP contribution is 2.29. The molecular weight excluding hydrogens is 366 g/mol. The van der Waals surface area contributed by atoms with Crippen LogP contribution in [0.15, 0.2) is 36.5 Å². The van der Waals surface area contributed by atoms with E-state index in [0.717, 1.165) is 10.2 Å². The third-order valence-corrected chi connectivity index (χ3v) is 4.28. The van der Waals surface area contributed by atoms with E-state index in [1.807, 2.05) is 6.07 Å². The van der Waals surface area contributed by atoms with Gasteiger partial charge in [-0.05, 0) is 30.3 Å². The topological polar surface area (TPSA) is 90.4 Å². The summed E-state index contributed by atoms with van der Waals surface area (Å²) in [6.45, 7) is -0.433. The molecule has 9 heteroatoms. The van der Waals surface area contributed by atoms with Crippen LogP contribution in [0.4, 0.5) is 5.13 Å². The number of amides is 1. The number of halogens is 1. The maximum Gasteiger partial charge on any atom is 0.338 e. The van der Waals surface area contributed by atoms with E-state index in [0.29, 0.717) is 10.9 Å². The van der Waals surface area contributed by atoms with Gasteiger partial charge in [0.15, 0.2) is 11.7 Å². The first-order valence-corrected chi connectivity index (χ1v) is 8.28. The van der Waals surface area contributed by atoms with Gasteiger partial charge in [-0.3, -0.25) is 10.1 Å². The van der Waals surface area contributed by atoms with E-state index in [-0.39, 0.29) is 10.7 Å². The fraction of sp³-hybridized carbons (Fsp3) is 0.125. The number of nitrogens with one attached hydrogen (secondary N) is 1. The minimum Gasteiger partial charge on any atom is -0.497 e. The molecule has 0 saturated heterocycles. The Morgan fingerprint density at radius 2 is 2.12 bits per heavy atom. The largest absolute Gasteiger partial charge is 0.497 e. The van der Waals surface area contributed by atoms with Crippen LogP contribution in [0.25, 0.3) is 10.2 Å². The van der Waals surface area contributed by atoms with Crippen molar-refractivity contribution in [3.63, 3.8) is 0 Å². The van der Waals surface area contributed by atoms with E-state index < -0.39 is 18.5 Å². The van der Waals surface area contributed by atoms with Gasteiger partial charge >= 0.3 is 5.97 Å². The number of ether oxygens (including phenoxy) is 2. The van der Waals surface area contributed by atoms with Crippen molar-refractivity contribution in [2.45, 2.75) is 0 Å². The molecule has 0 bridgehead atoms. The number of esters is 1. The second-order valence-corrected chi connectivity index (χ2v) is 6.26. The Hall–Kier alpha value is -2.71. The highest BCUT2D eigenvalue weighted by Gasteiger charge is 2.13. The summed E-state index contributed by atoms with van der Waals surface area (Å²) in [4.78, 5) is 31.8. The van der Waals surface area contributed by atoms with Gasteiger partial charge in [-0.15, -0.1) is 0 Å². The minimum atomic E-state index is -0.659. The Morgan fingerprint density at radius 1 is 1.28 bits per heavy atom. The molecule has 1 aromatic carbocycles. The molecule has 128 valence electrons. The maximum absolute atomic E-state index is 11.9. The maximum atomic E-state index is 11.9. The van der Waals surface area contributed by atoms with Gasteiger partial charge in [0.25, 0.3) is 5.91 Å². The van der Waals surface area contributed by atoms with Crippen LogP contribution in [0.1, 0.15) is 10.4 Å². The van der Waals surface area contributed by atoms with E-state index in [2.05, 4.69) is 15.3 Å². The molecule has 1 N–H and O–H groups in total. The second kappa shape index (κ2) is 7.45. The average molecular weight is 378 g/mol. The molecule has 0 spiro atoms. The van der Waals surface area contributed by atoms with Crippen molar-refractivity contribution in [2.24, 2.45) is 0 Å². The molecule has 3 rings (SSSR count). The van der Waals surface area contributed by atoms with Crippen LogP contribution >= 0.6 is 22.9 Å². The summed E-state index contributed by atoms with van der Waals surface area (Å²) in [6, 6.07) is 8.23. The summed E-state index contributed by atoms with van der Waals surface area (Å²) in [5, 5.41) is 3.18. The molecule has 2 aromatic heterocycles. The van der Waals surface area contributed by atoms with Crippen molar-refractivity contribution in [2.75, 3.05) is 19.0 Å². The number of fused-ring (bicyclic) bond motifs is 1. The number of thiazole rings is 1. The van der Waals surface area contributed by atoms with Gasteiger partial charge in [0, 0.05) is 6.20 Å². The number of carbonyl (C=O) groups excluding carboxylic acids is 2. The third-order valence-electron chi connectivity index (χ3n) is 3.14. The van der Waals surface area contributed by atoms with Crippen LogP contribution in [0, 0.1) is 0 Å². The number of hydrogen-bond acceptors (Lipinski definition) is 7. The summed E-state index contributed by atoms with van der Waals surface area (Å²) >= 11 is 7.00. The molecule has 7 nitrogen and oxygen atoms in total. The van der Waals surface area contributed by atoms with E-state index in [4.69, 9.17) is 21.1 Å². The number of carbonyl (C=O) groups is 2. The van der Waals surface area contributed by atoms with E-state index in [1.54, 1.807) is 19.2 Å². The van der Waals surface area contributed by atoms with Crippen LogP contribution in [0.3, 0.4) is 0 Å². The standard InChI is InChI=1S/C16H12ClN3O4S/c1-23-10-2-3-11-12(7-10)25-16(19-11)20-14(21)8-24-15(22)9-4-5-18-13(17)6-9/h2-7H,8H2,1H3,(H,19,20,21). The van der Waals surface area contributed by atoms with Crippen molar-refractivity contribution in [3.05, 3.63) is 47.2 Å². The molecule has 0 unspecified atom stereocenters. The summed E-state index contributed by atoms with van der Waals surface area (Å²) in [5.41, 5.74) is 0.962. The van der Waals surface area contributed by atoms with Crippen molar-refractivity contribution in [1.82, 2.24) is 9.97 Å². The van der Waals surface area contributed by atoms with Crippen molar-refractivity contribution < 1.29 is 19.1 Å². The summed E-state index contributed by atoms with van der Waals surface area (Å²) in [5.74, 6) is -0.438. The van der Waals surface area contributed by atoms with Crippen molar-refractivity contribution in [1.29, 1.82) is 0 Å². The Balaban J connectivity index is 1.60. The molecule has 0 aliphatic heterocycles. The average Bonchev–Trinajstić information content (AvgIpc) is 3.00. The minimum absolute atomic E-state index is 0.170. The quantitative estimate of drug-likeness (QED) is 0.542. The first kappa shape index (κ1) is 17.1. The number of anilines is 1. The molecule has 0 saturated carbocycles. The van der Waals surface area contributed by atoms with Gasteiger partial charge in [-0.2, -0.15) is 0 Å². The highest BCUT2D eigenvalue weighted by molar-refractivity contribution is 7.22. The molecule has 25 heavy (non-hydrogen) atoms. The highest BCUT2D eigenvalue weighted by atomic mass is 35.5. The van der Waals surface area contributed by atoms with Gasteiger partial charge in [-0.1, -0.05) is 22.9 Å². The molecule has 1 amide bonds. The Kier molecular flexibility index (Phi) is 5.11. The molecule has 0 radical (unpaired) electrons. The predicted molar refractivity (Wildman–Crippen MR) is 94.3 cm³/mol. The predicted octanol–water partition coefficient (Wildman–Crippen LogP) is 3.15. The number of methoxy groups -OCH3 is 1. The van der Waals surface area contributed by atoms with Crippen molar-refractivity contribution >= 4 is 50.2 Å². The van der Waals surface area contributed by atoms with Gasteiger partial charge in [-0.25, -0.2) is 14.8 Å². The van der Waals surface area contributed by atoms with Gasteiger partial charge < -0.3 is 9.47 Å². The SMILES string of the molecule is COc1ccc2nc(NC(=O)COC(=O)c3ccnc(Cl)c3)sc2c1. The van der Waals surface area contributed by atoms with Crippen LogP contribution < -0.4 is 10.1 Å². The normalized spacial score (nSPS) is 10.5. The first-order valence-electron chi connectivity index (χ1n) is 7.08. The van der Waals surface area contributed by atoms with Crippen LogP contribution in [0.5, 0.6) is 5.75 Å². The van der Waals surface area contributed by atoms with Gasteiger partial charge in [0.05, 0.1) is 22.9 Å². The summed E-state index contributed by atoms with van der Waals surface area (Å²) < 4.78 is 11.0. The zero-order chi connectivity index (χ0) is 17.8. The second-order valence-electron chi connectivity index (χ2n) is 4.84. The molecular formula is C16H12ClN3O4S. The fourth-order valence-corrected chi connectivity index (χ4v) is 3.07. The lowest BCUT2D eigenvalue weighted by molar-refractivity contribution is -0.119. The fourth-order valence-electron chi connectivity index (χ4n) is 1.98. The lowest BCUT2D eigenvalue weighted by Gasteiger charge is -2.04. The molecule has 0 fully saturated rings. The zero-order valence-corrected chi connectivity index (χ0v) is 14.6. The smallest absolute Gasteiger partial charge is 0.338 e. The number of hydrogen-bond donors (Lipinski definition) is 1. The first-order chi connectivity index (χ1) is 12.0. The molecule has 0 aliphatic carbocycles. The van der Waals surface area contributed by atoms with Gasteiger partial charge in [0.2, 0.25) is 0 Å².